The monoisotopic (exact) mass is 279 g/mol. The molecule has 0 atom stereocenters. The van der Waals surface area contributed by atoms with Gasteiger partial charge in [0.1, 0.15) is 10.6 Å². The highest BCUT2D eigenvalue weighted by Gasteiger charge is 2.19. The van der Waals surface area contributed by atoms with Crippen LogP contribution < -0.4 is 5.73 Å². The van der Waals surface area contributed by atoms with Gasteiger partial charge in [-0.2, -0.15) is 0 Å². The van der Waals surface area contributed by atoms with Crippen molar-refractivity contribution < 1.29 is 0 Å². The van der Waals surface area contributed by atoms with Gasteiger partial charge >= 0.3 is 0 Å². The number of nitrogen functional groups attached to an aromatic ring is 1. The third-order valence-electron chi connectivity index (χ3n) is 3.26. The topological polar surface area (TPSA) is 51.8 Å². The molecule has 0 fully saturated rings. The quantitative estimate of drug-likeness (QED) is 0.688. The molecular formula is C13H17N3S2. The predicted octanol–water partition coefficient (Wildman–Crippen LogP) is 3.65. The van der Waals surface area contributed by atoms with Gasteiger partial charge in [-0.3, -0.25) is 0 Å². The number of hydrogen-bond donors (Lipinski definition) is 1. The highest BCUT2D eigenvalue weighted by molar-refractivity contribution is 7.99. The average molecular weight is 279 g/mol. The predicted molar refractivity (Wildman–Crippen MR) is 79.5 cm³/mol. The van der Waals surface area contributed by atoms with Crippen LogP contribution in [-0.4, -0.2) is 15.7 Å². The zero-order valence-corrected chi connectivity index (χ0v) is 12.2. The van der Waals surface area contributed by atoms with Gasteiger partial charge in [-0.1, -0.05) is 18.7 Å². The summed E-state index contributed by atoms with van der Waals surface area (Å²) < 4.78 is 0. The first-order valence-electron chi connectivity index (χ1n) is 6.50. The molecule has 0 saturated heterocycles. The minimum absolute atomic E-state index is 0.679. The van der Waals surface area contributed by atoms with Gasteiger partial charge in [-0.25, -0.2) is 9.97 Å². The molecule has 0 aliphatic heterocycles. The highest BCUT2D eigenvalue weighted by atomic mass is 32.2. The van der Waals surface area contributed by atoms with Gasteiger partial charge in [0.25, 0.3) is 0 Å². The summed E-state index contributed by atoms with van der Waals surface area (Å²) in [5, 5.41) is 1.97. The molecule has 2 N–H and O–H groups in total. The van der Waals surface area contributed by atoms with E-state index in [-0.39, 0.29) is 0 Å². The highest BCUT2D eigenvalue weighted by Crippen LogP contribution is 2.38. The zero-order valence-electron chi connectivity index (χ0n) is 10.5. The van der Waals surface area contributed by atoms with Crippen LogP contribution in [0.5, 0.6) is 0 Å². The Labute approximate surface area is 115 Å². The van der Waals surface area contributed by atoms with Crippen molar-refractivity contribution in [3.8, 4) is 0 Å². The standard InChI is InChI=1S/C13H17N3S2/c1-2-7-17-13-15-11(14)10-8-5-3-4-6-9(8)18-12(10)16-13/h2-7H2,1H3,(H2,14,15,16). The Morgan fingerprint density at radius 1 is 1.28 bits per heavy atom. The lowest BCUT2D eigenvalue weighted by Crippen LogP contribution is -2.01. The van der Waals surface area contributed by atoms with Gasteiger partial charge in [0.05, 0.1) is 5.39 Å². The number of nitrogens with two attached hydrogens (primary N) is 1. The molecule has 0 aromatic carbocycles. The molecule has 0 saturated carbocycles. The third-order valence-corrected chi connectivity index (χ3v) is 5.50. The molecule has 18 heavy (non-hydrogen) atoms. The number of aryl methyl sites for hydroxylation is 2. The molecule has 2 aromatic heterocycles. The molecule has 96 valence electrons. The molecule has 2 aromatic rings. The molecule has 0 spiro atoms. The van der Waals surface area contributed by atoms with Gasteiger partial charge in [-0.15, -0.1) is 11.3 Å². The number of anilines is 1. The number of thioether (sulfide) groups is 1. The Morgan fingerprint density at radius 3 is 2.94 bits per heavy atom. The molecule has 0 unspecified atom stereocenters. The Hall–Kier alpha value is -0.810. The van der Waals surface area contributed by atoms with Crippen molar-refractivity contribution in [1.29, 1.82) is 0 Å². The van der Waals surface area contributed by atoms with Crippen molar-refractivity contribution in [3.05, 3.63) is 10.4 Å². The van der Waals surface area contributed by atoms with E-state index >= 15 is 0 Å². The van der Waals surface area contributed by atoms with Crippen molar-refractivity contribution in [2.75, 3.05) is 11.5 Å². The molecule has 0 radical (unpaired) electrons. The Balaban J connectivity index is 2.08. The largest absolute Gasteiger partial charge is 0.383 e. The van der Waals surface area contributed by atoms with Crippen LogP contribution in [0.1, 0.15) is 36.6 Å². The summed E-state index contributed by atoms with van der Waals surface area (Å²) in [6.45, 7) is 2.17. The summed E-state index contributed by atoms with van der Waals surface area (Å²) in [6.07, 6.45) is 6.03. The smallest absolute Gasteiger partial charge is 0.190 e. The third kappa shape index (κ3) is 2.10. The Bertz CT molecular complexity index is 577. The first-order valence-corrected chi connectivity index (χ1v) is 8.30. The van der Waals surface area contributed by atoms with E-state index in [2.05, 4.69) is 16.9 Å². The van der Waals surface area contributed by atoms with Crippen LogP contribution in [0.2, 0.25) is 0 Å². The normalized spacial score (nSPS) is 14.9. The van der Waals surface area contributed by atoms with E-state index in [0.29, 0.717) is 5.82 Å². The second-order valence-electron chi connectivity index (χ2n) is 4.63. The second-order valence-corrected chi connectivity index (χ2v) is 6.78. The Kier molecular flexibility index (Phi) is 3.43. The Morgan fingerprint density at radius 2 is 2.11 bits per heavy atom. The van der Waals surface area contributed by atoms with Gasteiger partial charge in [0, 0.05) is 10.6 Å². The molecule has 0 bridgehead atoms. The summed E-state index contributed by atoms with van der Waals surface area (Å²) in [7, 11) is 0. The number of aromatic nitrogens is 2. The van der Waals surface area contributed by atoms with E-state index in [9.17, 15) is 0 Å². The average Bonchev–Trinajstić information content (AvgIpc) is 2.74. The fraction of sp³-hybridized carbons (Fsp3) is 0.538. The van der Waals surface area contributed by atoms with E-state index in [1.165, 1.54) is 29.7 Å². The maximum atomic E-state index is 6.14. The first-order chi connectivity index (χ1) is 8.79. The van der Waals surface area contributed by atoms with Crippen molar-refractivity contribution in [3.63, 3.8) is 0 Å². The van der Waals surface area contributed by atoms with Crippen LogP contribution in [0.25, 0.3) is 10.2 Å². The molecule has 1 aliphatic rings. The molecule has 5 heteroatoms. The summed E-state index contributed by atoms with van der Waals surface area (Å²) >= 11 is 3.52. The second kappa shape index (κ2) is 5.05. The van der Waals surface area contributed by atoms with Crippen LogP contribution in [0.3, 0.4) is 0 Å². The fourth-order valence-corrected chi connectivity index (χ4v) is 4.46. The molecule has 3 nitrogen and oxygen atoms in total. The van der Waals surface area contributed by atoms with Crippen LogP contribution in [0.4, 0.5) is 5.82 Å². The van der Waals surface area contributed by atoms with Crippen LogP contribution in [0, 0.1) is 0 Å². The lowest BCUT2D eigenvalue weighted by Gasteiger charge is -2.10. The summed E-state index contributed by atoms with van der Waals surface area (Å²) in [4.78, 5) is 11.7. The van der Waals surface area contributed by atoms with E-state index < -0.39 is 0 Å². The molecule has 1 aliphatic carbocycles. The minimum Gasteiger partial charge on any atom is -0.383 e. The van der Waals surface area contributed by atoms with E-state index in [4.69, 9.17) is 5.73 Å². The molecule has 0 amide bonds. The summed E-state index contributed by atoms with van der Waals surface area (Å²) in [5.74, 6) is 1.73. The van der Waals surface area contributed by atoms with Crippen molar-refractivity contribution >= 4 is 39.1 Å². The first kappa shape index (κ1) is 12.2. The number of rotatable bonds is 3. The lowest BCUT2D eigenvalue weighted by atomic mass is 9.97. The lowest BCUT2D eigenvalue weighted by molar-refractivity contribution is 0.700. The molecule has 3 rings (SSSR count). The van der Waals surface area contributed by atoms with Crippen molar-refractivity contribution in [1.82, 2.24) is 9.97 Å². The fourth-order valence-electron chi connectivity index (χ4n) is 2.42. The van der Waals surface area contributed by atoms with Crippen molar-refractivity contribution in [2.45, 2.75) is 44.2 Å². The SMILES string of the molecule is CCCSc1nc(N)c2c3c(sc2n1)CCCC3. The minimum atomic E-state index is 0.679. The number of nitrogens with zero attached hydrogens (tertiary/aromatic N) is 2. The van der Waals surface area contributed by atoms with Crippen LogP contribution in [0.15, 0.2) is 5.16 Å². The van der Waals surface area contributed by atoms with Gasteiger partial charge < -0.3 is 5.73 Å². The van der Waals surface area contributed by atoms with Crippen LogP contribution in [-0.2, 0) is 12.8 Å². The number of fused-ring (bicyclic) bond motifs is 3. The van der Waals surface area contributed by atoms with Gasteiger partial charge in [-0.05, 0) is 37.7 Å². The maximum Gasteiger partial charge on any atom is 0.190 e. The maximum absolute atomic E-state index is 6.14. The number of hydrogen-bond acceptors (Lipinski definition) is 5. The van der Waals surface area contributed by atoms with Gasteiger partial charge in [0.2, 0.25) is 0 Å². The summed E-state index contributed by atoms with van der Waals surface area (Å²) in [5.41, 5.74) is 7.56. The van der Waals surface area contributed by atoms with Crippen molar-refractivity contribution in [2.24, 2.45) is 0 Å². The van der Waals surface area contributed by atoms with E-state index in [1.807, 2.05) is 11.3 Å². The number of thiophene rings is 1. The molecule has 2 heterocycles. The van der Waals surface area contributed by atoms with E-state index in [1.54, 1.807) is 11.8 Å². The summed E-state index contributed by atoms with van der Waals surface area (Å²) in [6, 6.07) is 0. The van der Waals surface area contributed by atoms with Gasteiger partial charge in [0.15, 0.2) is 5.16 Å². The van der Waals surface area contributed by atoms with Crippen LogP contribution >= 0.6 is 23.1 Å². The zero-order chi connectivity index (χ0) is 12.5. The molecular weight excluding hydrogens is 262 g/mol. The van der Waals surface area contributed by atoms with E-state index in [0.717, 1.165) is 34.0 Å².